The van der Waals surface area contributed by atoms with E-state index < -0.39 is 30.7 Å². The Morgan fingerprint density at radius 2 is 0.912 bits per heavy atom. The smallest absolute Gasteiger partial charge is 0.166 e. The van der Waals surface area contributed by atoms with Gasteiger partial charge in [-0.1, -0.05) is 60.7 Å². The van der Waals surface area contributed by atoms with Gasteiger partial charge in [-0.3, -0.25) is 0 Å². The zero-order valence-electron chi connectivity index (χ0n) is 17.8. The van der Waals surface area contributed by atoms with Gasteiger partial charge >= 0.3 is 12.4 Å². The van der Waals surface area contributed by atoms with Gasteiger partial charge in [0.15, 0.2) is 0 Å². The Labute approximate surface area is 194 Å². The van der Waals surface area contributed by atoms with Crippen molar-refractivity contribution in [2.45, 2.75) is 18.5 Å². The first-order valence-electron chi connectivity index (χ1n) is 10.4. The summed E-state index contributed by atoms with van der Waals surface area (Å²) in [6.07, 6.45) is -9.88. The second-order valence-electron chi connectivity index (χ2n) is 7.84. The molecule has 0 atom stereocenters. The monoisotopic (exact) mass is 489 g/mol. The average Bonchev–Trinajstić information content (AvgIpc) is 2.83. The van der Waals surface area contributed by atoms with Crippen molar-refractivity contribution < 1.29 is 26.3 Å². The first-order chi connectivity index (χ1) is 16.1. The highest BCUT2D eigenvalue weighted by atomic mass is 31.2. The van der Waals surface area contributed by atoms with Crippen LogP contribution in [0.25, 0.3) is 0 Å². The van der Waals surface area contributed by atoms with Gasteiger partial charge in [0.2, 0.25) is 0 Å². The van der Waals surface area contributed by atoms with E-state index in [1.807, 2.05) is 91.0 Å². The fourth-order valence-electron chi connectivity index (χ4n) is 4.18. The molecule has 0 nitrogen and oxygen atoms in total. The molecule has 4 rings (SSSR count). The topological polar surface area (TPSA) is 0 Å². The highest BCUT2D eigenvalue weighted by Crippen LogP contribution is 2.59. The van der Waals surface area contributed by atoms with Crippen LogP contribution < -0.4 is 15.9 Å². The molecule has 0 spiro atoms. The average molecular weight is 489 g/mol. The Hall–Kier alpha value is -3.11. The summed E-state index contributed by atoms with van der Waals surface area (Å²) in [7, 11) is -2.71. The summed E-state index contributed by atoms with van der Waals surface area (Å²) in [6.45, 7) is 0. The van der Waals surface area contributed by atoms with Gasteiger partial charge in [0, 0.05) is 5.56 Å². The Morgan fingerprint density at radius 1 is 0.500 bits per heavy atom. The van der Waals surface area contributed by atoms with Gasteiger partial charge in [-0.05, 0) is 48.5 Å². The summed E-state index contributed by atoms with van der Waals surface area (Å²) in [6, 6.07) is 29.7. The Bertz CT molecular complexity index is 1140. The Kier molecular flexibility index (Phi) is 6.55. The summed E-state index contributed by atoms with van der Waals surface area (Å²) < 4.78 is 81.9. The second kappa shape index (κ2) is 9.27. The lowest BCUT2D eigenvalue weighted by molar-refractivity contribution is -0.143. The normalized spacial score (nSPS) is 12.5. The third kappa shape index (κ3) is 4.74. The molecule has 0 N–H and O–H groups in total. The molecule has 0 radical (unpaired) electrons. The van der Waals surface area contributed by atoms with Crippen LogP contribution in [0.5, 0.6) is 0 Å². The minimum atomic E-state index is -4.93. The first kappa shape index (κ1) is 24.0. The lowest BCUT2D eigenvalue weighted by Gasteiger charge is -2.29. The van der Waals surface area contributed by atoms with E-state index >= 15 is 0 Å². The van der Waals surface area contributed by atoms with E-state index in [4.69, 9.17) is 0 Å². The molecule has 0 aliphatic carbocycles. The third-order valence-corrected chi connectivity index (χ3v) is 10.1. The molecule has 0 aliphatic heterocycles. The SMILES string of the molecule is FC(F)(F)c1ccc(C[P+](c2ccccc2)(c2ccccc2)c2ccccc2)c(C(F)(F)F)c1. The van der Waals surface area contributed by atoms with E-state index in [9.17, 15) is 26.3 Å². The standard InChI is InChI=1S/C27H20F6P/c28-26(29,30)21-17-16-20(25(18-21)27(31,32)33)19-34(22-10-4-1-5-11-22,23-12-6-2-7-13-23)24-14-8-3-9-15-24/h1-18H,19H2/q+1. The minimum absolute atomic E-state index is 0.0714. The predicted molar refractivity (Wildman–Crippen MR) is 125 cm³/mol. The molecule has 4 aromatic carbocycles. The fraction of sp³-hybridized carbons (Fsp3) is 0.111. The molecular formula is C27H20F6P+. The van der Waals surface area contributed by atoms with Gasteiger partial charge in [0.25, 0.3) is 0 Å². The molecule has 174 valence electrons. The number of halogens is 6. The molecular weight excluding hydrogens is 469 g/mol. The Morgan fingerprint density at radius 3 is 1.26 bits per heavy atom. The molecule has 4 aromatic rings. The number of hydrogen-bond donors (Lipinski definition) is 0. The van der Waals surface area contributed by atoms with Gasteiger partial charge in [0.05, 0.1) is 17.3 Å². The van der Waals surface area contributed by atoms with Gasteiger partial charge in [0.1, 0.15) is 23.2 Å². The molecule has 0 amide bonds. The maximum Gasteiger partial charge on any atom is 0.416 e. The van der Waals surface area contributed by atoms with Crippen molar-refractivity contribution in [2.24, 2.45) is 0 Å². The van der Waals surface area contributed by atoms with Gasteiger partial charge in [-0.25, -0.2) is 0 Å². The highest BCUT2D eigenvalue weighted by Gasteiger charge is 2.48. The molecule has 0 bridgehead atoms. The number of rotatable bonds is 5. The molecule has 0 fully saturated rings. The van der Waals surface area contributed by atoms with Crippen LogP contribution in [0.3, 0.4) is 0 Å². The maximum absolute atomic E-state index is 14.0. The predicted octanol–water partition coefficient (Wildman–Crippen LogP) is 7.22. The second-order valence-corrected chi connectivity index (χ2v) is 11.3. The zero-order valence-corrected chi connectivity index (χ0v) is 18.7. The van der Waals surface area contributed by atoms with Crippen molar-refractivity contribution in [2.75, 3.05) is 0 Å². The largest absolute Gasteiger partial charge is 0.416 e. The van der Waals surface area contributed by atoms with Crippen LogP contribution >= 0.6 is 7.26 Å². The highest BCUT2D eigenvalue weighted by molar-refractivity contribution is 7.95. The van der Waals surface area contributed by atoms with Crippen LogP contribution in [0.1, 0.15) is 16.7 Å². The van der Waals surface area contributed by atoms with Crippen LogP contribution in [-0.4, -0.2) is 0 Å². The molecule has 0 aromatic heterocycles. The molecule has 0 saturated heterocycles. The van der Waals surface area contributed by atoms with Crippen LogP contribution in [-0.2, 0) is 18.5 Å². The quantitative estimate of drug-likeness (QED) is 0.205. The van der Waals surface area contributed by atoms with E-state index in [0.717, 1.165) is 28.0 Å². The number of alkyl halides is 6. The van der Waals surface area contributed by atoms with E-state index in [2.05, 4.69) is 0 Å². The third-order valence-electron chi connectivity index (χ3n) is 5.74. The lowest BCUT2D eigenvalue weighted by Crippen LogP contribution is -2.33. The summed E-state index contributed by atoms with van der Waals surface area (Å²) in [5.41, 5.74) is -2.73. The molecule has 0 aliphatic rings. The number of benzene rings is 4. The van der Waals surface area contributed by atoms with Crippen molar-refractivity contribution in [3.63, 3.8) is 0 Å². The van der Waals surface area contributed by atoms with Gasteiger partial charge in [-0.2, -0.15) is 26.3 Å². The molecule has 0 heterocycles. The number of hydrogen-bond acceptors (Lipinski definition) is 0. The van der Waals surface area contributed by atoms with Crippen LogP contribution in [0.15, 0.2) is 109 Å². The Balaban J connectivity index is 2.02. The molecule has 0 unspecified atom stereocenters. The van der Waals surface area contributed by atoms with Crippen molar-refractivity contribution >= 4 is 23.2 Å². The summed E-state index contributed by atoms with van der Waals surface area (Å²) >= 11 is 0. The van der Waals surface area contributed by atoms with E-state index in [1.54, 1.807) is 0 Å². The lowest BCUT2D eigenvalue weighted by atomic mass is 10.0. The van der Waals surface area contributed by atoms with Crippen molar-refractivity contribution in [1.29, 1.82) is 0 Å². The van der Waals surface area contributed by atoms with Crippen molar-refractivity contribution in [3.8, 4) is 0 Å². The summed E-state index contributed by atoms with van der Waals surface area (Å²) in [5, 5.41) is 2.54. The van der Waals surface area contributed by atoms with Crippen molar-refractivity contribution in [1.82, 2.24) is 0 Å². The molecule has 7 heteroatoms. The van der Waals surface area contributed by atoms with E-state index in [-0.39, 0.29) is 17.8 Å². The van der Waals surface area contributed by atoms with Crippen molar-refractivity contribution in [3.05, 3.63) is 126 Å². The summed E-state index contributed by atoms with van der Waals surface area (Å²) in [4.78, 5) is 0. The van der Waals surface area contributed by atoms with E-state index in [1.165, 1.54) is 0 Å². The van der Waals surface area contributed by atoms with Crippen LogP contribution in [0.2, 0.25) is 0 Å². The molecule has 34 heavy (non-hydrogen) atoms. The summed E-state index contributed by atoms with van der Waals surface area (Å²) in [5.74, 6) is 0. The molecule has 0 saturated carbocycles. The van der Waals surface area contributed by atoms with Crippen LogP contribution in [0, 0.1) is 0 Å². The first-order valence-corrected chi connectivity index (χ1v) is 12.4. The minimum Gasteiger partial charge on any atom is -0.166 e. The van der Waals surface area contributed by atoms with Gasteiger partial charge < -0.3 is 0 Å². The van der Waals surface area contributed by atoms with Gasteiger partial charge in [-0.15, -0.1) is 0 Å². The van der Waals surface area contributed by atoms with E-state index in [0.29, 0.717) is 0 Å². The fourth-order valence-corrected chi connectivity index (χ4v) is 8.45. The zero-order chi connectivity index (χ0) is 24.4. The van der Waals surface area contributed by atoms with Crippen LogP contribution in [0.4, 0.5) is 26.3 Å². The maximum atomic E-state index is 14.0.